The van der Waals surface area contributed by atoms with Crippen LogP contribution in [0.4, 0.5) is 0 Å². The zero-order valence-electron chi connectivity index (χ0n) is 11.3. The predicted molar refractivity (Wildman–Crippen MR) is 74.9 cm³/mol. The number of nitrogens with two attached hydrogens (primary N) is 1. The maximum atomic E-state index is 5.86. The molecule has 1 aromatic rings. The second kappa shape index (κ2) is 6.76. The van der Waals surface area contributed by atoms with Crippen LogP contribution in [0.1, 0.15) is 24.8 Å². The van der Waals surface area contributed by atoms with Crippen LogP contribution in [0, 0.1) is 6.92 Å². The van der Waals surface area contributed by atoms with Crippen molar-refractivity contribution in [2.75, 3.05) is 26.2 Å². The molecule has 3 heteroatoms. The molecule has 2 rings (SSSR count). The summed E-state index contributed by atoms with van der Waals surface area (Å²) in [6, 6.07) is 8.69. The molecule has 1 fully saturated rings. The second-order valence-electron chi connectivity index (χ2n) is 5.09. The van der Waals surface area contributed by atoms with Gasteiger partial charge in [0.15, 0.2) is 0 Å². The molecule has 1 unspecified atom stereocenters. The van der Waals surface area contributed by atoms with Crippen LogP contribution in [0.5, 0.6) is 5.75 Å². The van der Waals surface area contributed by atoms with E-state index in [2.05, 4.69) is 24.0 Å². The summed E-state index contributed by atoms with van der Waals surface area (Å²) in [6.45, 7) is 5.97. The summed E-state index contributed by atoms with van der Waals surface area (Å²) in [4.78, 5) is 2.50. The standard InChI is InChI=1S/C15H24N2O/c1-13-5-4-6-15(11-13)18-10-7-14(12-16)17-8-2-3-9-17/h4-6,11,14H,2-3,7-10,12,16H2,1H3. The van der Waals surface area contributed by atoms with E-state index in [1.165, 1.54) is 31.5 Å². The average molecular weight is 248 g/mol. The topological polar surface area (TPSA) is 38.5 Å². The first-order chi connectivity index (χ1) is 8.79. The molecule has 0 saturated carbocycles. The molecule has 100 valence electrons. The minimum absolute atomic E-state index is 0.484. The maximum absolute atomic E-state index is 5.86. The lowest BCUT2D eigenvalue weighted by atomic mass is 10.2. The van der Waals surface area contributed by atoms with Gasteiger partial charge < -0.3 is 10.5 Å². The van der Waals surface area contributed by atoms with Crippen LogP contribution in [0.25, 0.3) is 0 Å². The number of hydrogen-bond acceptors (Lipinski definition) is 3. The van der Waals surface area contributed by atoms with Gasteiger partial charge in [-0.2, -0.15) is 0 Å². The monoisotopic (exact) mass is 248 g/mol. The van der Waals surface area contributed by atoms with Crippen molar-refractivity contribution in [2.24, 2.45) is 5.73 Å². The summed E-state index contributed by atoms with van der Waals surface area (Å²) in [5.74, 6) is 0.965. The van der Waals surface area contributed by atoms with Gasteiger partial charge in [-0.1, -0.05) is 12.1 Å². The van der Waals surface area contributed by atoms with Crippen LogP contribution in [0.15, 0.2) is 24.3 Å². The molecule has 1 heterocycles. The number of aryl methyl sites for hydroxylation is 1. The van der Waals surface area contributed by atoms with Gasteiger partial charge in [0.1, 0.15) is 5.75 Å². The zero-order valence-corrected chi connectivity index (χ0v) is 11.3. The Hall–Kier alpha value is -1.06. The summed E-state index contributed by atoms with van der Waals surface area (Å²) in [5.41, 5.74) is 7.10. The Morgan fingerprint density at radius 3 is 2.78 bits per heavy atom. The molecule has 2 N–H and O–H groups in total. The average Bonchev–Trinajstić information content (AvgIpc) is 2.88. The molecule has 1 aromatic carbocycles. The maximum Gasteiger partial charge on any atom is 0.119 e. The predicted octanol–water partition coefficient (Wildman–Crippen LogP) is 2.19. The van der Waals surface area contributed by atoms with Crippen molar-refractivity contribution in [3.63, 3.8) is 0 Å². The highest BCUT2D eigenvalue weighted by Crippen LogP contribution is 2.16. The first-order valence-corrected chi connectivity index (χ1v) is 6.93. The van der Waals surface area contributed by atoms with Gasteiger partial charge in [-0.25, -0.2) is 0 Å². The number of likely N-dealkylation sites (tertiary alicyclic amines) is 1. The van der Waals surface area contributed by atoms with E-state index in [4.69, 9.17) is 10.5 Å². The Morgan fingerprint density at radius 1 is 1.33 bits per heavy atom. The van der Waals surface area contributed by atoms with Crippen molar-refractivity contribution >= 4 is 0 Å². The summed E-state index contributed by atoms with van der Waals surface area (Å²) in [7, 11) is 0. The molecule has 1 aliphatic rings. The molecule has 3 nitrogen and oxygen atoms in total. The van der Waals surface area contributed by atoms with Crippen molar-refractivity contribution in [3.8, 4) is 5.75 Å². The third-order valence-corrected chi connectivity index (χ3v) is 3.64. The van der Waals surface area contributed by atoms with E-state index in [-0.39, 0.29) is 0 Å². The summed E-state index contributed by atoms with van der Waals surface area (Å²) >= 11 is 0. The summed E-state index contributed by atoms with van der Waals surface area (Å²) < 4.78 is 5.80. The molecule has 0 amide bonds. The fourth-order valence-corrected chi connectivity index (χ4v) is 2.57. The van der Waals surface area contributed by atoms with Gasteiger partial charge in [0, 0.05) is 12.6 Å². The van der Waals surface area contributed by atoms with Gasteiger partial charge in [0.25, 0.3) is 0 Å². The molecule has 0 spiro atoms. The third kappa shape index (κ3) is 3.72. The lowest BCUT2D eigenvalue weighted by Crippen LogP contribution is -2.39. The minimum atomic E-state index is 0.484. The van der Waals surface area contributed by atoms with Crippen molar-refractivity contribution in [1.29, 1.82) is 0 Å². The number of rotatable bonds is 6. The Balaban J connectivity index is 1.76. The molecular formula is C15H24N2O. The normalized spacial score (nSPS) is 17.9. The molecule has 0 radical (unpaired) electrons. The Morgan fingerprint density at radius 2 is 2.11 bits per heavy atom. The van der Waals surface area contributed by atoms with Crippen LogP contribution in [0.3, 0.4) is 0 Å². The quantitative estimate of drug-likeness (QED) is 0.838. The molecule has 0 aromatic heterocycles. The van der Waals surface area contributed by atoms with Gasteiger partial charge in [-0.3, -0.25) is 4.90 Å². The molecule has 0 bridgehead atoms. The minimum Gasteiger partial charge on any atom is -0.494 e. The Kier molecular flexibility index (Phi) is 5.02. The molecule has 0 aliphatic carbocycles. The van der Waals surface area contributed by atoms with Gasteiger partial charge in [0.05, 0.1) is 6.61 Å². The number of benzene rings is 1. The highest BCUT2D eigenvalue weighted by molar-refractivity contribution is 5.27. The molecule has 1 saturated heterocycles. The lowest BCUT2D eigenvalue weighted by molar-refractivity contribution is 0.197. The van der Waals surface area contributed by atoms with E-state index < -0.39 is 0 Å². The van der Waals surface area contributed by atoms with Crippen molar-refractivity contribution in [3.05, 3.63) is 29.8 Å². The second-order valence-corrected chi connectivity index (χ2v) is 5.09. The molecular weight excluding hydrogens is 224 g/mol. The van der Waals surface area contributed by atoms with E-state index in [1.807, 2.05) is 12.1 Å². The first-order valence-electron chi connectivity index (χ1n) is 6.93. The van der Waals surface area contributed by atoms with Crippen LogP contribution >= 0.6 is 0 Å². The summed E-state index contributed by atoms with van der Waals surface area (Å²) in [5, 5.41) is 0. The number of hydrogen-bond donors (Lipinski definition) is 1. The lowest BCUT2D eigenvalue weighted by Gasteiger charge is -2.26. The van der Waals surface area contributed by atoms with Crippen molar-refractivity contribution in [2.45, 2.75) is 32.2 Å². The van der Waals surface area contributed by atoms with E-state index in [0.717, 1.165) is 25.3 Å². The zero-order chi connectivity index (χ0) is 12.8. The highest BCUT2D eigenvalue weighted by atomic mass is 16.5. The van der Waals surface area contributed by atoms with E-state index in [0.29, 0.717) is 6.04 Å². The van der Waals surface area contributed by atoms with Crippen LogP contribution < -0.4 is 10.5 Å². The van der Waals surface area contributed by atoms with Gasteiger partial charge >= 0.3 is 0 Å². The third-order valence-electron chi connectivity index (χ3n) is 3.64. The fourth-order valence-electron chi connectivity index (χ4n) is 2.57. The van der Waals surface area contributed by atoms with Crippen LogP contribution in [-0.4, -0.2) is 37.2 Å². The largest absolute Gasteiger partial charge is 0.494 e. The smallest absolute Gasteiger partial charge is 0.119 e. The Bertz CT molecular complexity index is 361. The van der Waals surface area contributed by atoms with Crippen molar-refractivity contribution < 1.29 is 4.74 Å². The molecule has 1 aliphatic heterocycles. The number of ether oxygens (including phenoxy) is 1. The van der Waals surface area contributed by atoms with E-state index in [9.17, 15) is 0 Å². The molecule has 18 heavy (non-hydrogen) atoms. The van der Waals surface area contributed by atoms with Crippen LogP contribution in [-0.2, 0) is 0 Å². The van der Waals surface area contributed by atoms with Crippen molar-refractivity contribution in [1.82, 2.24) is 4.90 Å². The molecule has 1 atom stereocenters. The van der Waals surface area contributed by atoms with Gasteiger partial charge in [-0.05, 0) is 57.0 Å². The van der Waals surface area contributed by atoms with Gasteiger partial charge in [0.2, 0.25) is 0 Å². The Labute approximate surface area is 110 Å². The highest BCUT2D eigenvalue weighted by Gasteiger charge is 2.20. The number of nitrogens with zero attached hydrogens (tertiary/aromatic N) is 1. The first kappa shape index (κ1) is 13.4. The summed E-state index contributed by atoms with van der Waals surface area (Å²) in [6.07, 6.45) is 3.65. The van der Waals surface area contributed by atoms with E-state index >= 15 is 0 Å². The SMILES string of the molecule is Cc1cccc(OCCC(CN)N2CCCC2)c1. The van der Waals surface area contributed by atoms with Crippen LogP contribution in [0.2, 0.25) is 0 Å². The van der Waals surface area contributed by atoms with E-state index in [1.54, 1.807) is 0 Å². The van der Waals surface area contributed by atoms with Gasteiger partial charge in [-0.15, -0.1) is 0 Å². The fraction of sp³-hybridized carbons (Fsp3) is 0.600.